The molecule has 2 aromatic carbocycles. The van der Waals surface area contributed by atoms with Crippen molar-refractivity contribution in [3.05, 3.63) is 71.4 Å². The van der Waals surface area contributed by atoms with Crippen LogP contribution in [0.3, 0.4) is 0 Å². The van der Waals surface area contributed by atoms with Gasteiger partial charge in [-0.05, 0) is 55.7 Å². The molecule has 1 aliphatic carbocycles. The molecule has 1 N–H and O–H groups in total. The van der Waals surface area contributed by atoms with Gasteiger partial charge in [0.05, 0.1) is 11.4 Å². The molecule has 0 saturated carbocycles. The standard InChI is InChI=1S/C20H17F2N3O2/c21-20(22)27-15-11-9-13(10-12-15)19(26)23-18-16-7-4-8-17(16)24-25(18)14-5-2-1-3-6-14/h1-3,5-6,9-12,20H,4,7-8H2,(H,23,26). The number of benzene rings is 2. The van der Waals surface area contributed by atoms with E-state index in [1.165, 1.54) is 24.3 Å². The van der Waals surface area contributed by atoms with Gasteiger partial charge in [0.15, 0.2) is 0 Å². The Morgan fingerprint density at radius 2 is 1.81 bits per heavy atom. The van der Waals surface area contributed by atoms with Gasteiger partial charge in [0.2, 0.25) is 0 Å². The predicted molar refractivity (Wildman–Crippen MR) is 96.6 cm³/mol. The average Bonchev–Trinajstić information content (AvgIpc) is 3.25. The molecule has 0 spiro atoms. The van der Waals surface area contributed by atoms with Crippen LogP contribution in [0.5, 0.6) is 5.75 Å². The summed E-state index contributed by atoms with van der Waals surface area (Å²) in [6.07, 6.45) is 2.76. The number of rotatable bonds is 5. The molecule has 1 aliphatic rings. The minimum absolute atomic E-state index is 0.0109. The lowest BCUT2D eigenvalue weighted by Gasteiger charge is -2.11. The topological polar surface area (TPSA) is 56.2 Å². The lowest BCUT2D eigenvalue weighted by molar-refractivity contribution is -0.0498. The molecular weight excluding hydrogens is 352 g/mol. The van der Waals surface area contributed by atoms with Crippen LogP contribution in [0.2, 0.25) is 0 Å². The lowest BCUT2D eigenvalue weighted by Crippen LogP contribution is -2.16. The first-order valence-corrected chi connectivity index (χ1v) is 8.64. The highest BCUT2D eigenvalue weighted by Crippen LogP contribution is 2.31. The second-order valence-electron chi connectivity index (χ2n) is 6.23. The Labute approximate surface area is 154 Å². The van der Waals surface area contributed by atoms with Gasteiger partial charge in [0.1, 0.15) is 11.6 Å². The van der Waals surface area contributed by atoms with E-state index in [4.69, 9.17) is 0 Å². The molecule has 0 unspecified atom stereocenters. The summed E-state index contributed by atoms with van der Waals surface area (Å²) in [5, 5.41) is 7.59. The highest BCUT2D eigenvalue weighted by Gasteiger charge is 2.24. The van der Waals surface area contributed by atoms with Gasteiger partial charge in [0.25, 0.3) is 5.91 Å². The van der Waals surface area contributed by atoms with Crippen LogP contribution in [-0.2, 0) is 12.8 Å². The molecule has 1 amide bonds. The third-order valence-electron chi connectivity index (χ3n) is 4.48. The number of nitrogens with one attached hydrogen (secondary N) is 1. The average molecular weight is 369 g/mol. The van der Waals surface area contributed by atoms with Crippen LogP contribution in [-0.4, -0.2) is 22.3 Å². The fourth-order valence-electron chi connectivity index (χ4n) is 3.24. The molecule has 0 radical (unpaired) electrons. The number of alkyl halides is 2. The van der Waals surface area contributed by atoms with Gasteiger partial charge in [0, 0.05) is 11.1 Å². The number of para-hydroxylation sites is 1. The molecule has 5 nitrogen and oxygen atoms in total. The van der Waals surface area contributed by atoms with Gasteiger partial charge in [-0.3, -0.25) is 4.79 Å². The zero-order valence-corrected chi connectivity index (χ0v) is 14.4. The zero-order valence-electron chi connectivity index (χ0n) is 14.4. The van der Waals surface area contributed by atoms with Gasteiger partial charge in [-0.25, -0.2) is 4.68 Å². The van der Waals surface area contributed by atoms with Crippen LogP contribution in [0.15, 0.2) is 54.6 Å². The summed E-state index contributed by atoms with van der Waals surface area (Å²) < 4.78 is 30.6. The number of aromatic nitrogens is 2. The largest absolute Gasteiger partial charge is 0.435 e. The van der Waals surface area contributed by atoms with E-state index in [0.717, 1.165) is 36.2 Å². The number of carbonyl (C=O) groups is 1. The van der Waals surface area contributed by atoms with Crippen molar-refractivity contribution < 1.29 is 18.3 Å². The molecule has 3 aromatic rings. The second-order valence-corrected chi connectivity index (χ2v) is 6.23. The van der Waals surface area contributed by atoms with E-state index >= 15 is 0 Å². The van der Waals surface area contributed by atoms with Gasteiger partial charge in [-0.1, -0.05) is 18.2 Å². The highest BCUT2D eigenvalue weighted by atomic mass is 19.3. The summed E-state index contributed by atoms with van der Waals surface area (Å²) in [5.74, 6) is 0.341. The third-order valence-corrected chi connectivity index (χ3v) is 4.48. The summed E-state index contributed by atoms with van der Waals surface area (Å²) in [6.45, 7) is -2.90. The number of aryl methyl sites for hydroxylation is 1. The number of anilines is 1. The van der Waals surface area contributed by atoms with E-state index in [1.54, 1.807) is 4.68 Å². The molecule has 1 aromatic heterocycles. The van der Waals surface area contributed by atoms with E-state index in [2.05, 4.69) is 15.2 Å². The first-order valence-electron chi connectivity index (χ1n) is 8.64. The lowest BCUT2D eigenvalue weighted by atomic mass is 10.2. The van der Waals surface area contributed by atoms with Crippen LogP contribution >= 0.6 is 0 Å². The van der Waals surface area contributed by atoms with Crippen molar-refractivity contribution in [3.63, 3.8) is 0 Å². The van der Waals surface area contributed by atoms with Gasteiger partial charge >= 0.3 is 6.61 Å². The Hall–Kier alpha value is -3.22. The number of hydrogen-bond acceptors (Lipinski definition) is 3. The Morgan fingerprint density at radius 1 is 1.07 bits per heavy atom. The molecule has 0 fully saturated rings. The van der Waals surface area contributed by atoms with Gasteiger partial charge in [-0.15, -0.1) is 0 Å². The minimum atomic E-state index is -2.90. The SMILES string of the molecule is O=C(Nc1c2c(nn1-c1ccccc1)CCC2)c1ccc(OC(F)F)cc1. The Balaban J connectivity index is 1.61. The molecule has 0 saturated heterocycles. The molecule has 0 atom stereocenters. The number of nitrogens with zero attached hydrogens (tertiary/aromatic N) is 2. The van der Waals surface area contributed by atoms with Crippen LogP contribution in [0.25, 0.3) is 5.69 Å². The Bertz CT molecular complexity index is 953. The van der Waals surface area contributed by atoms with Crippen LogP contribution in [0.4, 0.5) is 14.6 Å². The minimum Gasteiger partial charge on any atom is -0.435 e. The summed E-state index contributed by atoms with van der Waals surface area (Å²) in [4.78, 5) is 12.7. The summed E-state index contributed by atoms with van der Waals surface area (Å²) in [6, 6.07) is 15.2. The quantitative estimate of drug-likeness (QED) is 0.733. The van der Waals surface area contributed by atoms with Crippen molar-refractivity contribution in [2.45, 2.75) is 25.9 Å². The molecule has 7 heteroatoms. The number of hydrogen-bond donors (Lipinski definition) is 1. The van der Waals surface area contributed by atoms with Crippen molar-refractivity contribution in [2.75, 3.05) is 5.32 Å². The maximum atomic E-state index is 12.7. The molecule has 1 heterocycles. The number of carbonyl (C=O) groups excluding carboxylic acids is 1. The zero-order chi connectivity index (χ0) is 18.8. The fraction of sp³-hybridized carbons (Fsp3) is 0.200. The van der Waals surface area contributed by atoms with Gasteiger partial charge < -0.3 is 10.1 Å². The van der Waals surface area contributed by atoms with E-state index in [9.17, 15) is 13.6 Å². The van der Waals surface area contributed by atoms with E-state index in [-0.39, 0.29) is 11.7 Å². The molecular formula is C20H17F2N3O2. The first kappa shape index (κ1) is 17.2. The monoisotopic (exact) mass is 369 g/mol. The molecule has 4 rings (SSSR count). The second kappa shape index (κ2) is 7.19. The van der Waals surface area contributed by atoms with Crippen molar-refractivity contribution in [1.29, 1.82) is 0 Å². The predicted octanol–water partition coefficient (Wildman–Crippen LogP) is 4.21. The molecule has 27 heavy (non-hydrogen) atoms. The summed E-state index contributed by atoms with van der Waals surface area (Å²) in [7, 11) is 0. The normalized spacial score (nSPS) is 12.9. The Morgan fingerprint density at radius 3 is 2.52 bits per heavy atom. The van der Waals surface area contributed by atoms with Crippen LogP contribution < -0.4 is 10.1 Å². The number of ether oxygens (including phenoxy) is 1. The van der Waals surface area contributed by atoms with Crippen LogP contribution in [0, 0.1) is 0 Å². The number of halogens is 2. The maximum absolute atomic E-state index is 12.7. The Kier molecular flexibility index (Phi) is 4.58. The summed E-state index contributed by atoms with van der Waals surface area (Å²) in [5.41, 5.74) is 3.26. The smallest absolute Gasteiger partial charge is 0.387 e. The number of amides is 1. The first-order chi connectivity index (χ1) is 13.1. The van der Waals surface area contributed by atoms with Crippen molar-refractivity contribution in [2.24, 2.45) is 0 Å². The molecule has 0 aliphatic heterocycles. The van der Waals surface area contributed by atoms with Crippen molar-refractivity contribution in [1.82, 2.24) is 9.78 Å². The van der Waals surface area contributed by atoms with E-state index in [1.807, 2.05) is 30.3 Å². The number of fused-ring (bicyclic) bond motifs is 1. The third kappa shape index (κ3) is 3.53. The van der Waals surface area contributed by atoms with Crippen molar-refractivity contribution in [3.8, 4) is 11.4 Å². The highest BCUT2D eigenvalue weighted by molar-refractivity contribution is 6.04. The van der Waals surface area contributed by atoms with E-state index < -0.39 is 6.61 Å². The van der Waals surface area contributed by atoms with E-state index in [0.29, 0.717) is 11.4 Å². The van der Waals surface area contributed by atoms with Crippen molar-refractivity contribution >= 4 is 11.7 Å². The summed E-state index contributed by atoms with van der Waals surface area (Å²) >= 11 is 0. The van der Waals surface area contributed by atoms with Gasteiger partial charge in [-0.2, -0.15) is 13.9 Å². The fourth-order valence-corrected chi connectivity index (χ4v) is 3.24. The molecule has 138 valence electrons. The van der Waals surface area contributed by atoms with Crippen LogP contribution in [0.1, 0.15) is 28.0 Å². The maximum Gasteiger partial charge on any atom is 0.387 e. The molecule has 0 bridgehead atoms.